The van der Waals surface area contributed by atoms with E-state index in [9.17, 15) is 8.78 Å². The molecule has 1 aromatic carbocycles. The number of benzene rings is 1. The molecule has 0 atom stereocenters. The molecule has 0 spiro atoms. The van der Waals surface area contributed by atoms with Gasteiger partial charge in [0, 0.05) is 9.13 Å². The zero-order valence-electron chi connectivity index (χ0n) is 12.1. The SMILES string of the molecule is CC1(C)OB(C(F)=Cc2c(F)ccc(I)c2Cl)OC1(C)C. The van der Waals surface area contributed by atoms with Crippen LogP contribution >= 0.6 is 34.2 Å². The van der Waals surface area contributed by atoms with Crippen molar-refractivity contribution in [3.63, 3.8) is 0 Å². The first-order chi connectivity index (χ1) is 9.55. The van der Waals surface area contributed by atoms with Gasteiger partial charge in [-0.3, -0.25) is 0 Å². The largest absolute Gasteiger partial charge is 0.525 e. The van der Waals surface area contributed by atoms with Crippen LogP contribution in [0, 0.1) is 9.39 Å². The van der Waals surface area contributed by atoms with Gasteiger partial charge < -0.3 is 9.31 Å². The quantitative estimate of drug-likeness (QED) is 0.375. The fourth-order valence-corrected chi connectivity index (χ4v) is 2.51. The number of hydrogen-bond acceptors (Lipinski definition) is 2. The maximum atomic E-state index is 14.4. The monoisotopic (exact) mass is 426 g/mol. The smallest absolute Gasteiger partial charge is 0.398 e. The third-order valence-electron chi connectivity index (χ3n) is 3.84. The van der Waals surface area contributed by atoms with Gasteiger partial charge in [-0.05, 0) is 68.5 Å². The van der Waals surface area contributed by atoms with Crippen molar-refractivity contribution in [3.05, 3.63) is 37.8 Å². The van der Waals surface area contributed by atoms with Gasteiger partial charge in [-0.25, -0.2) is 8.78 Å². The minimum Gasteiger partial charge on any atom is -0.398 e. The molecular weight excluding hydrogens is 411 g/mol. The van der Waals surface area contributed by atoms with E-state index in [-0.39, 0.29) is 10.6 Å². The second kappa shape index (κ2) is 5.79. The highest BCUT2D eigenvalue weighted by atomic mass is 127. The second-order valence-electron chi connectivity index (χ2n) is 5.87. The Labute approximate surface area is 142 Å². The molecule has 1 saturated heterocycles. The normalized spacial score (nSPS) is 21.0. The fraction of sp³-hybridized carbons (Fsp3) is 0.429. The highest BCUT2D eigenvalue weighted by Crippen LogP contribution is 2.39. The van der Waals surface area contributed by atoms with Crippen LogP contribution in [0.4, 0.5) is 8.78 Å². The fourth-order valence-electron chi connectivity index (χ4n) is 1.84. The van der Waals surface area contributed by atoms with E-state index in [0.717, 1.165) is 6.08 Å². The van der Waals surface area contributed by atoms with Crippen LogP contribution in [0.1, 0.15) is 33.3 Å². The van der Waals surface area contributed by atoms with Crippen LogP contribution in [0.15, 0.2) is 17.9 Å². The van der Waals surface area contributed by atoms with Crippen molar-refractivity contribution < 1.29 is 18.1 Å². The first kappa shape index (κ1) is 17.2. The van der Waals surface area contributed by atoms with Crippen molar-refractivity contribution in [1.29, 1.82) is 0 Å². The first-order valence-corrected chi connectivity index (χ1v) is 7.87. The van der Waals surface area contributed by atoms with Gasteiger partial charge >= 0.3 is 7.12 Å². The Bertz CT molecular complexity index is 589. The van der Waals surface area contributed by atoms with E-state index in [0.29, 0.717) is 3.57 Å². The molecule has 0 aromatic heterocycles. The molecule has 1 fully saturated rings. The molecule has 114 valence electrons. The summed E-state index contributed by atoms with van der Waals surface area (Å²) in [5, 5.41) is 0.169. The van der Waals surface area contributed by atoms with E-state index < -0.39 is 29.9 Å². The molecule has 1 aliphatic rings. The summed E-state index contributed by atoms with van der Waals surface area (Å²) >= 11 is 7.98. The van der Waals surface area contributed by atoms with Crippen LogP contribution in [0.5, 0.6) is 0 Å². The molecule has 1 aromatic rings. The molecule has 0 amide bonds. The van der Waals surface area contributed by atoms with Gasteiger partial charge in [-0.15, -0.1) is 0 Å². The highest BCUT2D eigenvalue weighted by Gasteiger charge is 2.53. The molecule has 0 N–H and O–H groups in total. The Balaban J connectivity index is 2.34. The first-order valence-electron chi connectivity index (χ1n) is 6.41. The Morgan fingerprint density at radius 1 is 1.24 bits per heavy atom. The van der Waals surface area contributed by atoms with Gasteiger partial charge in [0.1, 0.15) is 11.5 Å². The Morgan fingerprint density at radius 3 is 2.29 bits per heavy atom. The zero-order chi connectivity index (χ0) is 16.0. The molecule has 21 heavy (non-hydrogen) atoms. The van der Waals surface area contributed by atoms with Crippen LogP contribution in [0.25, 0.3) is 6.08 Å². The van der Waals surface area contributed by atoms with Gasteiger partial charge in [0.05, 0.1) is 16.2 Å². The molecule has 0 unspecified atom stereocenters. The Kier molecular flexibility index (Phi) is 4.74. The second-order valence-corrected chi connectivity index (χ2v) is 7.41. The van der Waals surface area contributed by atoms with E-state index in [4.69, 9.17) is 20.9 Å². The van der Waals surface area contributed by atoms with E-state index in [1.807, 2.05) is 50.3 Å². The number of halogens is 4. The zero-order valence-corrected chi connectivity index (χ0v) is 15.1. The van der Waals surface area contributed by atoms with E-state index in [1.54, 1.807) is 0 Å². The van der Waals surface area contributed by atoms with Gasteiger partial charge in [0.25, 0.3) is 0 Å². The predicted molar refractivity (Wildman–Crippen MR) is 89.3 cm³/mol. The maximum absolute atomic E-state index is 14.4. The molecule has 7 heteroatoms. The molecule has 0 radical (unpaired) electrons. The molecule has 0 aliphatic carbocycles. The number of rotatable bonds is 2. The lowest BCUT2D eigenvalue weighted by atomic mass is 9.87. The minimum atomic E-state index is -1.16. The lowest BCUT2D eigenvalue weighted by molar-refractivity contribution is 0.00578. The van der Waals surface area contributed by atoms with E-state index >= 15 is 0 Å². The standard InChI is InChI=1S/C14H15BClF2IO2/c1-13(2)14(3,4)21-15(20-13)11(18)7-8-9(17)5-6-10(19)12(8)16/h5-7H,1-4H3. The van der Waals surface area contributed by atoms with Crippen LogP contribution in [0.2, 0.25) is 5.02 Å². The minimum absolute atomic E-state index is 0.00391. The van der Waals surface area contributed by atoms with Crippen LogP contribution in [-0.4, -0.2) is 18.3 Å². The van der Waals surface area contributed by atoms with Gasteiger partial charge in [0.2, 0.25) is 0 Å². The summed E-state index contributed by atoms with van der Waals surface area (Å²) in [5.74, 6) is -0.591. The van der Waals surface area contributed by atoms with Crippen molar-refractivity contribution >= 4 is 47.4 Å². The average molecular weight is 426 g/mol. The maximum Gasteiger partial charge on any atom is 0.525 e. The molecule has 0 bridgehead atoms. The van der Waals surface area contributed by atoms with Crippen LogP contribution in [-0.2, 0) is 9.31 Å². The molecule has 2 nitrogen and oxygen atoms in total. The summed E-state index contributed by atoms with van der Waals surface area (Å²) in [6, 6.07) is 2.78. The molecular formula is C14H15BClF2IO2. The van der Waals surface area contributed by atoms with Gasteiger partial charge in [-0.1, -0.05) is 11.6 Å². The van der Waals surface area contributed by atoms with Crippen molar-refractivity contribution in [2.75, 3.05) is 0 Å². The van der Waals surface area contributed by atoms with Gasteiger partial charge in [-0.2, -0.15) is 0 Å². The summed E-state index contributed by atoms with van der Waals surface area (Å²) in [7, 11) is -1.16. The van der Waals surface area contributed by atoms with Crippen molar-refractivity contribution in [3.8, 4) is 0 Å². The lowest BCUT2D eigenvalue weighted by Crippen LogP contribution is -2.41. The Morgan fingerprint density at radius 2 is 1.76 bits per heavy atom. The van der Waals surface area contributed by atoms with Crippen LogP contribution in [0.3, 0.4) is 0 Å². The Hall–Kier alpha value is -0.175. The molecule has 2 rings (SSSR count). The third-order valence-corrected chi connectivity index (χ3v) is 5.47. The molecule has 0 saturated carbocycles. The van der Waals surface area contributed by atoms with Crippen molar-refractivity contribution in [1.82, 2.24) is 0 Å². The van der Waals surface area contributed by atoms with Crippen molar-refractivity contribution in [2.45, 2.75) is 38.9 Å². The lowest BCUT2D eigenvalue weighted by Gasteiger charge is -2.32. The summed E-state index contributed by atoms with van der Waals surface area (Å²) in [5.41, 5.74) is -2.03. The summed E-state index contributed by atoms with van der Waals surface area (Å²) < 4.78 is 39.9. The summed E-state index contributed by atoms with van der Waals surface area (Å²) in [4.78, 5) is 0. The highest BCUT2D eigenvalue weighted by molar-refractivity contribution is 14.1. The summed E-state index contributed by atoms with van der Waals surface area (Å²) in [6.45, 7) is 7.27. The van der Waals surface area contributed by atoms with Crippen molar-refractivity contribution in [2.24, 2.45) is 0 Å². The van der Waals surface area contributed by atoms with Gasteiger partial charge in [0.15, 0.2) is 0 Å². The molecule has 1 heterocycles. The molecule has 1 aliphatic heterocycles. The summed E-state index contributed by atoms with van der Waals surface area (Å²) in [6.07, 6.45) is 1.03. The topological polar surface area (TPSA) is 18.5 Å². The number of hydrogen-bond donors (Lipinski definition) is 0. The van der Waals surface area contributed by atoms with E-state index in [2.05, 4.69) is 0 Å². The van der Waals surface area contributed by atoms with E-state index in [1.165, 1.54) is 12.1 Å². The predicted octanol–water partition coefficient (Wildman–Crippen LogP) is 5.03. The van der Waals surface area contributed by atoms with Crippen LogP contribution < -0.4 is 0 Å². The average Bonchev–Trinajstić information content (AvgIpc) is 2.59. The third kappa shape index (κ3) is 3.28.